The van der Waals surface area contributed by atoms with Crippen molar-refractivity contribution in [1.29, 1.82) is 0 Å². The van der Waals surface area contributed by atoms with Gasteiger partial charge < -0.3 is 5.73 Å². The van der Waals surface area contributed by atoms with Gasteiger partial charge in [0.1, 0.15) is 0 Å². The highest BCUT2D eigenvalue weighted by molar-refractivity contribution is 5.20. The molecule has 0 aromatic heterocycles. The molecule has 3 atom stereocenters. The Labute approximate surface area is 119 Å². The second-order valence-electron chi connectivity index (χ2n) is 5.97. The molecule has 1 rings (SSSR count). The third-order valence-electron chi connectivity index (χ3n) is 4.11. The molecule has 0 aliphatic heterocycles. The van der Waals surface area contributed by atoms with Gasteiger partial charge in [0.2, 0.25) is 0 Å². The lowest BCUT2D eigenvalue weighted by atomic mass is 9.89. The van der Waals surface area contributed by atoms with Crippen molar-refractivity contribution in [1.82, 2.24) is 4.90 Å². The topological polar surface area (TPSA) is 29.3 Å². The minimum absolute atomic E-state index is 0.0745. The highest BCUT2D eigenvalue weighted by Crippen LogP contribution is 2.26. The molecule has 0 spiro atoms. The summed E-state index contributed by atoms with van der Waals surface area (Å²) in [5, 5.41) is 0. The molecule has 0 aliphatic carbocycles. The van der Waals surface area contributed by atoms with Gasteiger partial charge in [-0.15, -0.1) is 0 Å². The zero-order valence-electron chi connectivity index (χ0n) is 13.1. The molecule has 2 N–H and O–H groups in total. The Morgan fingerprint density at radius 3 is 2.16 bits per heavy atom. The van der Waals surface area contributed by atoms with Crippen LogP contribution in [0, 0.1) is 5.92 Å². The van der Waals surface area contributed by atoms with Gasteiger partial charge in [0.05, 0.1) is 0 Å². The fourth-order valence-electron chi connectivity index (χ4n) is 2.93. The minimum atomic E-state index is 0.0745. The Morgan fingerprint density at radius 2 is 1.68 bits per heavy atom. The van der Waals surface area contributed by atoms with E-state index in [4.69, 9.17) is 5.73 Å². The first kappa shape index (κ1) is 16.2. The van der Waals surface area contributed by atoms with Gasteiger partial charge in [-0.2, -0.15) is 0 Å². The summed E-state index contributed by atoms with van der Waals surface area (Å²) in [6.45, 7) is 9.08. The van der Waals surface area contributed by atoms with Crippen molar-refractivity contribution in [3.63, 3.8) is 0 Å². The Bertz CT molecular complexity index is 348. The largest absolute Gasteiger partial charge is 0.323 e. The molecule has 2 nitrogen and oxygen atoms in total. The van der Waals surface area contributed by atoms with Crippen molar-refractivity contribution >= 4 is 0 Å². The average Bonchev–Trinajstić information content (AvgIpc) is 2.39. The van der Waals surface area contributed by atoms with E-state index in [0.29, 0.717) is 18.0 Å². The van der Waals surface area contributed by atoms with Gasteiger partial charge in [0, 0.05) is 18.1 Å². The van der Waals surface area contributed by atoms with Crippen molar-refractivity contribution in [3.8, 4) is 0 Å². The van der Waals surface area contributed by atoms with Crippen LogP contribution in [0.2, 0.25) is 0 Å². The van der Waals surface area contributed by atoms with Crippen LogP contribution >= 0.6 is 0 Å². The lowest BCUT2D eigenvalue weighted by Crippen LogP contribution is -2.47. The average molecular weight is 262 g/mol. The Morgan fingerprint density at radius 1 is 1.11 bits per heavy atom. The molecular formula is C17H30N2. The van der Waals surface area contributed by atoms with E-state index >= 15 is 0 Å². The molecule has 0 bridgehead atoms. The van der Waals surface area contributed by atoms with E-state index in [1.165, 1.54) is 18.4 Å². The van der Waals surface area contributed by atoms with Gasteiger partial charge in [-0.3, -0.25) is 4.90 Å². The lowest BCUT2D eigenvalue weighted by molar-refractivity contribution is 0.115. The van der Waals surface area contributed by atoms with Crippen molar-refractivity contribution in [2.75, 3.05) is 7.05 Å². The monoisotopic (exact) mass is 262 g/mol. The fraction of sp³-hybridized carbons (Fsp3) is 0.647. The quantitative estimate of drug-likeness (QED) is 0.809. The highest BCUT2D eigenvalue weighted by Gasteiger charge is 2.28. The van der Waals surface area contributed by atoms with Crippen LogP contribution in [0.25, 0.3) is 0 Å². The Kier molecular flexibility index (Phi) is 6.53. The van der Waals surface area contributed by atoms with E-state index in [2.05, 4.69) is 63.9 Å². The number of nitrogens with zero attached hydrogens (tertiary/aromatic N) is 1. The molecule has 1 aromatic rings. The van der Waals surface area contributed by atoms with Crippen molar-refractivity contribution < 1.29 is 0 Å². The molecule has 0 saturated heterocycles. The maximum atomic E-state index is 6.53. The highest BCUT2D eigenvalue weighted by atomic mass is 15.2. The van der Waals surface area contributed by atoms with Crippen LogP contribution in [0.5, 0.6) is 0 Å². The van der Waals surface area contributed by atoms with E-state index < -0.39 is 0 Å². The Hall–Kier alpha value is -0.860. The van der Waals surface area contributed by atoms with Crippen LogP contribution in [0.1, 0.15) is 52.1 Å². The van der Waals surface area contributed by atoms with E-state index in [0.717, 1.165) is 0 Å². The van der Waals surface area contributed by atoms with Crippen molar-refractivity contribution in [3.05, 3.63) is 35.9 Å². The molecule has 19 heavy (non-hydrogen) atoms. The zero-order chi connectivity index (χ0) is 14.4. The maximum Gasteiger partial charge on any atom is 0.0455 e. The summed E-state index contributed by atoms with van der Waals surface area (Å²) >= 11 is 0. The first-order chi connectivity index (χ1) is 8.99. The predicted molar refractivity (Wildman–Crippen MR) is 84.1 cm³/mol. The molecule has 0 heterocycles. The van der Waals surface area contributed by atoms with Crippen LogP contribution in [0.15, 0.2) is 30.3 Å². The number of benzene rings is 1. The van der Waals surface area contributed by atoms with Crippen molar-refractivity contribution in [2.24, 2.45) is 11.7 Å². The smallest absolute Gasteiger partial charge is 0.0455 e. The zero-order valence-corrected chi connectivity index (χ0v) is 13.1. The van der Waals surface area contributed by atoms with Gasteiger partial charge in [-0.25, -0.2) is 0 Å². The van der Waals surface area contributed by atoms with E-state index in [1.54, 1.807) is 0 Å². The van der Waals surface area contributed by atoms with E-state index in [1.807, 2.05) is 6.07 Å². The molecule has 1 aromatic carbocycles. The summed E-state index contributed by atoms with van der Waals surface area (Å²) < 4.78 is 0. The van der Waals surface area contributed by atoms with Gasteiger partial charge in [-0.1, -0.05) is 57.5 Å². The molecule has 108 valence electrons. The molecule has 0 amide bonds. The van der Waals surface area contributed by atoms with E-state index in [-0.39, 0.29) is 6.04 Å². The van der Waals surface area contributed by atoms with Crippen molar-refractivity contribution in [2.45, 2.75) is 58.7 Å². The Balaban J connectivity index is 2.88. The SMILES string of the molecule is CCCC(C)N(C)C(C(C)C)C(N)c1ccccc1. The predicted octanol–water partition coefficient (Wildman–Crippen LogP) is 3.83. The summed E-state index contributed by atoms with van der Waals surface area (Å²) in [6.07, 6.45) is 2.44. The minimum Gasteiger partial charge on any atom is -0.323 e. The van der Waals surface area contributed by atoms with Crippen LogP contribution in [-0.4, -0.2) is 24.0 Å². The molecule has 3 unspecified atom stereocenters. The summed E-state index contributed by atoms with van der Waals surface area (Å²) in [7, 11) is 2.22. The number of rotatable bonds is 7. The van der Waals surface area contributed by atoms with Crippen LogP contribution in [-0.2, 0) is 0 Å². The molecular weight excluding hydrogens is 232 g/mol. The molecule has 2 heteroatoms. The second kappa shape index (κ2) is 7.66. The van der Waals surface area contributed by atoms with Gasteiger partial charge >= 0.3 is 0 Å². The van der Waals surface area contributed by atoms with Gasteiger partial charge in [0.15, 0.2) is 0 Å². The van der Waals surface area contributed by atoms with Crippen LogP contribution in [0.4, 0.5) is 0 Å². The second-order valence-corrected chi connectivity index (χ2v) is 5.97. The van der Waals surface area contributed by atoms with E-state index in [9.17, 15) is 0 Å². The first-order valence-electron chi connectivity index (χ1n) is 7.51. The van der Waals surface area contributed by atoms with Crippen LogP contribution < -0.4 is 5.73 Å². The van der Waals surface area contributed by atoms with Gasteiger partial charge in [0.25, 0.3) is 0 Å². The number of likely N-dealkylation sites (N-methyl/N-ethyl adjacent to an activating group) is 1. The summed E-state index contributed by atoms with van der Waals surface area (Å²) in [5.74, 6) is 0.541. The first-order valence-corrected chi connectivity index (χ1v) is 7.51. The number of nitrogens with two attached hydrogens (primary N) is 1. The normalized spacial score (nSPS) is 16.6. The van der Waals surface area contributed by atoms with Crippen LogP contribution in [0.3, 0.4) is 0 Å². The number of hydrogen-bond acceptors (Lipinski definition) is 2. The molecule has 0 aliphatic rings. The summed E-state index contributed by atoms with van der Waals surface area (Å²) in [5.41, 5.74) is 7.77. The summed E-state index contributed by atoms with van der Waals surface area (Å²) in [4.78, 5) is 2.46. The fourth-order valence-corrected chi connectivity index (χ4v) is 2.93. The molecule has 0 saturated carbocycles. The van der Waals surface area contributed by atoms with Gasteiger partial charge in [-0.05, 0) is 31.9 Å². The lowest BCUT2D eigenvalue weighted by Gasteiger charge is -2.39. The third kappa shape index (κ3) is 4.32. The summed E-state index contributed by atoms with van der Waals surface area (Å²) in [6, 6.07) is 11.5. The third-order valence-corrected chi connectivity index (χ3v) is 4.11. The molecule has 0 radical (unpaired) electrons. The standard InChI is InChI=1S/C17H30N2/c1-6-10-14(4)19(5)17(13(2)3)16(18)15-11-8-7-9-12-15/h7-9,11-14,16-17H,6,10,18H2,1-5H3. The molecule has 0 fully saturated rings. The number of hydrogen-bond donors (Lipinski definition) is 1. The maximum absolute atomic E-state index is 6.53.